The number of aromatic nitrogens is 2. The van der Waals surface area contributed by atoms with Crippen LogP contribution in [-0.2, 0) is 13.2 Å². The van der Waals surface area contributed by atoms with Gasteiger partial charge in [-0.15, -0.1) is 0 Å². The molecule has 1 N–H and O–H groups in total. The Morgan fingerprint density at radius 3 is 2.95 bits per heavy atom. The third kappa shape index (κ3) is 4.06. The van der Waals surface area contributed by atoms with Crippen molar-refractivity contribution in [3.63, 3.8) is 0 Å². The molecule has 19 heavy (non-hydrogen) atoms. The van der Waals surface area contributed by atoms with Crippen molar-refractivity contribution in [3.05, 3.63) is 41.5 Å². The van der Waals surface area contributed by atoms with E-state index in [0.29, 0.717) is 18.9 Å². The second kappa shape index (κ2) is 6.89. The summed E-state index contributed by atoms with van der Waals surface area (Å²) in [6.07, 6.45) is 2.70. The number of nitrogens with one attached hydrogen (secondary N) is 1. The summed E-state index contributed by atoms with van der Waals surface area (Å²) in [5.41, 5.74) is 1.91. The predicted octanol–water partition coefficient (Wildman–Crippen LogP) is 2.46. The van der Waals surface area contributed by atoms with Gasteiger partial charge >= 0.3 is 0 Å². The molecule has 0 aliphatic rings. The summed E-state index contributed by atoms with van der Waals surface area (Å²) < 4.78 is 10.7. The third-order valence-electron chi connectivity index (χ3n) is 2.65. The van der Waals surface area contributed by atoms with Crippen LogP contribution in [0.4, 0.5) is 0 Å². The van der Waals surface area contributed by atoms with Crippen LogP contribution in [0.25, 0.3) is 0 Å². The van der Waals surface area contributed by atoms with E-state index < -0.39 is 0 Å². The number of hydrogen-bond acceptors (Lipinski definition) is 5. The second-order valence-corrected chi connectivity index (χ2v) is 4.34. The standard InChI is InChI=1S/C14H19N3O2/c1-3-7-15-9-13-14(5-4-11(2)17-13)18-10-12-6-8-16-19-12/h4-6,8,15H,3,7,9-10H2,1-2H3. The van der Waals surface area contributed by atoms with Crippen LogP contribution in [0.15, 0.2) is 28.9 Å². The van der Waals surface area contributed by atoms with E-state index in [1.165, 1.54) is 0 Å². The Balaban J connectivity index is 2.01. The van der Waals surface area contributed by atoms with Crippen LogP contribution in [0.3, 0.4) is 0 Å². The Labute approximate surface area is 113 Å². The molecule has 102 valence electrons. The first kappa shape index (κ1) is 13.5. The van der Waals surface area contributed by atoms with Crippen LogP contribution in [0, 0.1) is 6.92 Å². The van der Waals surface area contributed by atoms with Crippen molar-refractivity contribution in [1.82, 2.24) is 15.5 Å². The lowest BCUT2D eigenvalue weighted by molar-refractivity contribution is 0.246. The fraction of sp³-hybridized carbons (Fsp3) is 0.429. The molecule has 0 bridgehead atoms. The number of ether oxygens (including phenoxy) is 1. The number of aryl methyl sites for hydroxylation is 1. The first-order chi connectivity index (χ1) is 9.29. The Kier molecular flexibility index (Phi) is 4.92. The molecule has 0 radical (unpaired) electrons. The number of nitrogens with zero attached hydrogens (tertiary/aromatic N) is 2. The van der Waals surface area contributed by atoms with E-state index in [-0.39, 0.29) is 0 Å². The SMILES string of the molecule is CCCNCc1nc(C)ccc1OCc1ccno1. The molecule has 5 nitrogen and oxygen atoms in total. The molecule has 2 aromatic rings. The molecule has 0 aliphatic heterocycles. The van der Waals surface area contributed by atoms with Gasteiger partial charge < -0.3 is 14.6 Å². The maximum atomic E-state index is 5.73. The molecule has 0 saturated heterocycles. The third-order valence-corrected chi connectivity index (χ3v) is 2.65. The van der Waals surface area contributed by atoms with E-state index in [1.54, 1.807) is 12.3 Å². The summed E-state index contributed by atoms with van der Waals surface area (Å²) >= 11 is 0. The quantitative estimate of drug-likeness (QED) is 0.776. The summed E-state index contributed by atoms with van der Waals surface area (Å²) in [5.74, 6) is 1.48. The van der Waals surface area contributed by atoms with E-state index >= 15 is 0 Å². The molecule has 2 rings (SSSR count). The van der Waals surface area contributed by atoms with Crippen molar-refractivity contribution in [2.24, 2.45) is 0 Å². The van der Waals surface area contributed by atoms with Gasteiger partial charge in [0.05, 0.1) is 11.9 Å². The second-order valence-electron chi connectivity index (χ2n) is 4.34. The van der Waals surface area contributed by atoms with Crippen LogP contribution < -0.4 is 10.1 Å². The van der Waals surface area contributed by atoms with Gasteiger partial charge in [-0.3, -0.25) is 4.98 Å². The van der Waals surface area contributed by atoms with Gasteiger partial charge in [0.25, 0.3) is 0 Å². The zero-order chi connectivity index (χ0) is 13.5. The molecule has 2 heterocycles. The molecule has 2 aromatic heterocycles. The molecule has 0 atom stereocenters. The van der Waals surface area contributed by atoms with E-state index in [1.807, 2.05) is 19.1 Å². The molecule has 0 amide bonds. The average molecular weight is 261 g/mol. The number of rotatable bonds is 7. The van der Waals surface area contributed by atoms with Crippen molar-refractivity contribution in [3.8, 4) is 5.75 Å². The highest BCUT2D eigenvalue weighted by Gasteiger charge is 2.07. The normalized spacial score (nSPS) is 10.6. The smallest absolute Gasteiger partial charge is 0.174 e. The fourth-order valence-electron chi connectivity index (χ4n) is 1.70. The van der Waals surface area contributed by atoms with Crippen LogP contribution in [0.2, 0.25) is 0 Å². The van der Waals surface area contributed by atoms with Crippen molar-refractivity contribution < 1.29 is 9.26 Å². The Morgan fingerprint density at radius 1 is 1.32 bits per heavy atom. The maximum Gasteiger partial charge on any atom is 0.174 e. The molecule has 0 aromatic carbocycles. The zero-order valence-corrected chi connectivity index (χ0v) is 11.3. The van der Waals surface area contributed by atoms with Gasteiger partial charge in [-0.2, -0.15) is 0 Å². The first-order valence-corrected chi connectivity index (χ1v) is 6.49. The molecule has 5 heteroatoms. The van der Waals surface area contributed by atoms with Crippen molar-refractivity contribution in [2.75, 3.05) is 6.54 Å². The fourth-order valence-corrected chi connectivity index (χ4v) is 1.70. The number of pyridine rings is 1. The molecule has 0 fully saturated rings. The van der Waals surface area contributed by atoms with Crippen molar-refractivity contribution in [1.29, 1.82) is 0 Å². The van der Waals surface area contributed by atoms with E-state index in [4.69, 9.17) is 9.26 Å². The topological polar surface area (TPSA) is 60.2 Å². The van der Waals surface area contributed by atoms with Crippen LogP contribution in [-0.4, -0.2) is 16.7 Å². The summed E-state index contributed by atoms with van der Waals surface area (Å²) in [6, 6.07) is 5.68. The Hall–Kier alpha value is -1.88. The van der Waals surface area contributed by atoms with Gasteiger partial charge in [0.1, 0.15) is 12.4 Å². The van der Waals surface area contributed by atoms with Gasteiger partial charge in [0.2, 0.25) is 0 Å². The monoisotopic (exact) mass is 261 g/mol. The molecular formula is C14H19N3O2. The molecule has 0 unspecified atom stereocenters. The highest BCUT2D eigenvalue weighted by molar-refractivity contribution is 5.29. The lowest BCUT2D eigenvalue weighted by Crippen LogP contribution is -2.16. The lowest BCUT2D eigenvalue weighted by atomic mass is 10.2. The summed E-state index contributed by atoms with van der Waals surface area (Å²) in [7, 11) is 0. The van der Waals surface area contributed by atoms with Gasteiger partial charge in [0.15, 0.2) is 5.76 Å². The van der Waals surface area contributed by atoms with E-state index in [0.717, 1.165) is 30.1 Å². The first-order valence-electron chi connectivity index (χ1n) is 6.49. The largest absolute Gasteiger partial charge is 0.484 e. The van der Waals surface area contributed by atoms with Gasteiger partial charge in [-0.25, -0.2) is 0 Å². The molecule has 0 aliphatic carbocycles. The highest BCUT2D eigenvalue weighted by atomic mass is 16.5. The Morgan fingerprint density at radius 2 is 2.21 bits per heavy atom. The van der Waals surface area contributed by atoms with E-state index in [9.17, 15) is 0 Å². The molecule has 0 saturated carbocycles. The van der Waals surface area contributed by atoms with Crippen LogP contribution in [0.5, 0.6) is 5.75 Å². The van der Waals surface area contributed by atoms with Gasteiger partial charge in [0, 0.05) is 18.3 Å². The van der Waals surface area contributed by atoms with Gasteiger partial charge in [-0.1, -0.05) is 12.1 Å². The lowest BCUT2D eigenvalue weighted by Gasteiger charge is -2.11. The average Bonchev–Trinajstić information content (AvgIpc) is 2.91. The van der Waals surface area contributed by atoms with Gasteiger partial charge in [-0.05, 0) is 32.0 Å². The zero-order valence-electron chi connectivity index (χ0n) is 11.3. The minimum Gasteiger partial charge on any atom is -0.484 e. The molecular weight excluding hydrogens is 242 g/mol. The van der Waals surface area contributed by atoms with Crippen molar-refractivity contribution >= 4 is 0 Å². The summed E-state index contributed by atoms with van der Waals surface area (Å²) in [5, 5.41) is 6.98. The maximum absolute atomic E-state index is 5.73. The Bertz CT molecular complexity index is 497. The van der Waals surface area contributed by atoms with Crippen molar-refractivity contribution in [2.45, 2.75) is 33.4 Å². The molecule has 0 spiro atoms. The van der Waals surface area contributed by atoms with Crippen LogP contribution in [0.1, 0.15) is 30.5 Å². The summed E-state index contributed by atoms with van der Waals surface area (Å²) in [6.45, 7) is 6.16. The van der Waals surface area contributed by atoms with E-state index in [2.05, 4.69) is 22.4 Å². The summed E-state index contributed by atoms with van der Waals surface area (Å²) in [4.78, 5) is 4.51. The minimum absolute atomic E-state index is 0.367. The van der Waals surface area contributed by atoms with Crippen LogP contribution >= 0.6 is 0 Å². The number of hydrogen-bond donors (Lipinski definition) is 1. The predicted molar refractivity (Wildman–Crippen MR) is 71.8 cm³/mol. The minimum atomic E-state index is 0.367. The highest BCUT2D eigenvalue weighted by Crippen LogP contribution is 2.18.